The first-order valence-electron chi connectivity index (χ1n) is 9.07. The molecular formula is C20H34IN3O. The number of nitrogens with zero attached hydrogens (tertiary/aromatic N) is 2. The van der Waals surface area contributed by atoms with Crippen molar-refractivity contribution in [2.45, 2.75) is 39.5 Å². The molecule has 1 aromatic carbocycles. The van der Waals surface area contributed by atoms with Crippen LogP contribution in [0.4, 0.5) is 0 Å². The van der Waals surface area contributed by atoms with Gasteiger partial charge in [-0.2, -0.15) is 0 Å². The number of guanidine groups is 1. The van der Waals surface area contributed by atoms with Gasteiger partial charge in [0.1, 0.15) is 0 Å². The number of aliphatic imine (C=N–C) groups is 1. The first-order valence-corrected chi connectivity index (χ1v) is 9.07. The Bertz CT molecular complexity index is 554. The molecule has 0 aromatic heterocycles. The van der Waals surface area contributed by atoms with Crippen LogP contribution in [0.2, 0.25) is 0 Å². The zero-order chi connectivity index (χ0) is 17.6. The molecule has 0 radical (unpaired) electrons. The normalized spacial score (nSPS) is 18.0. The molecule has 1 atom stereocenters. The molecule has 0 spiro atoms. The number of hydrogen-bond acceptors (Lipinski definition) is 2. The van der Waals surface area contributed by atoms with Crippen molar-refractivity contribution in [2.24, 2.45) is 10.9 Å². The minimum atomic E-state index is 0. The number of nitrogens with one attached hydrogen (secondary N) is 1. The molecule has 1 heterocycles. The first kappa shape index (κ1) is 22.2. The van der Waals surface area contributed by atoms with E-state index in [1.165, 1.54) is 11.1 Å². The van der Waals surface area contributed by atoms with Crippen molar-refractivity contribution in [1.82, 2.24) is 10.2 Å². The molecule has 1 N–H and O–H groups in total. The van der Waals surface area contributed by atoms with Crippen molar-refractivity contribution >= 4 is 29.9 Å². The van der Waals surface area contributed by atoms with Gasteiger partial charge in [0, 0.05) is 38.1 Å². The minimum Gasteiger partial charge on any atom is -0.381 e. The highest BCUT2D eigenvalue weighted by molar-refractivity contribution is 14.0. The van der Waals surface area contributed by atoms with E-state index in [1.807, 2.05) is 0 Å². The van der Waals surface area contributed by atoms with Crippen LogP contribution in [0.3, 0.4) is 0 Å². The standard InChI is InChI=1S/C20H33N3O.HI/c1-6-21-19(23(5)13-17-11-12-24-14-17)22-15-20(3,4)18-10-8-7-9-16(18)2;/h7-10,17H,6,11-15H2,1-5H3,(H,21,22);1H. The van der Waals surface area contributed by atoms with Gasteiger partial charge in [-0.25, -0.2) is 0 Å². The molecule has 1 aliphatic rings. The first-order chi connectivity index (χ1) is 11.4. The molecule has 0 saturated carbocycles. The van der Waals surface area contributed by atoms with Crippen LogP contribution in [0.25, 0.3) is 0 Å². The lowest BCUT2D eigenvalue weighted by atomic mass is 9.82. The third kappa shape index (κ3) is 6.44. The van der Waals surface area contributed by atoms with E-state index in [0.29, 0.717) is 5.92 Å². The van der Waals surface area contributed by atoms with Gasteiger partial charge in [0.2, 0.25) is 0 Å². The van der Waals surface area contributed by atoms with Gasteiger partial charge in [0.25, 0.3) is 0 Å². The summed E-state index contributed by atoms with van der Waals surface area (Å²) in [5.41, 5.74) is 2.72. The highest BCUT2D eigenvalue weighted by Crippen LogP contribution is 2.26. The van der Waals surface area contributed by atoms with Crippen LogP contribution in [0.5, 0.6) is 0 Å². The van der Waals surface area contributed by atoms with E-state index in [4.69, 9.17) is 9.73 Å². The van der Waals surface area contributed by atoms with Gasteiger partial charge in [-0.05, 0) is 31.4 Å². The fourth-order valence-corrected chi connectivity index (χ4v) is 3.36. The lowest BCUT2D eigenvalue weighted by Crippen LogP contribution is -2.42. The molecule has 1 unspecified atom stereocenters. The zero-order valence-corrected chi connectivity index (χ0v) is 18.7. The average Bonchev–Trinajstić information content (AvgIpc) is 3.04. The summed E-state index contributed by atoms with van der Waals surface area (Å²) < 4.78 is 5.50. The Hall–Kier alpha value is -0.820. The Labute approximate surface area is 170 Å². The van der Waals surface area contributed by atoms with Crippen LogP contribution in [0.1, 0.15) is 38.3 Å². The average molecular weight is 459 g/mol. The molecule has 2 rings (SSSR count). The second-order valence-corrected chi connectivity index (χ2v) is 7.48. The van der Waals surface area contributed by atoms with Crippen molar-refractivity contribution in [1.29, 1.82) is 0 Å². The van der Waals surface area contributed by atoms with E-state index in [1.54, 1.807) is 0 Å². The Morgan fingerprint density at radius 1 is 1.36 bits per heavy atom. The molecule has 1 saturated heterocycles. The van der Waals surface area contributed by atoms with Gasteiger partial charge in [-0.15, -0.1) is 24.0 Å². The van der Waals surface area contributed by atoms with Crippen molar-refractivity contribution in [2.75, 3.05) is 39.9 Å². The van der Waals surface area contributed by atoms with Crippen molar-refractivity contribution in [3.8, 4) is 0 Å². The third-order valence-electron chi connectivity index (χ3n) is 4.75. The molecule has 0 bridgehead atoms. The van der Waals surface area contributed by atoms with Crippen LogP contribution in [0.15, 0.2) is 29.3 Å². The molecule has 4 nitrogen and oxygen atoms in total. The largest absolute Gasteiger partial charge is 0.381 e. The quantitative estimate of drug-likeness (QED) is 0.399. The SMILES string of the molecule is CCNC(=NCC(C)(C)c1ccccc1C)N(C)CC1CCOC1.I. The fourth-order valence-electron chi connectivity index (χ4n) is 3.36. The summed E-state index contributed by atoms with van der Waals surface area (Å²) in [7, 11) is 2.13. The van der Waals surface area contributed by atoms with Gasteiger partial charge in [-0.1, -0.05) is 38.1 Å². The second kappa shape index (κ2) is 10.4. The monoisotopic (exact) mass is 459 g/mol. The van der Waals surface area contributed by atoms with Crippen LogP contribution < -0.4 is 5.32 Å². The second-order valence-electron chi connectivity index (χ2n) is 7.48. The lowest BCUT2D eigenvalue weighted by Gasteiger charge is -2.28. The lowest BCUT2D eigenvalue weighted by molar-refractivity contribution is 0.181. The van der Waals surface area contributed by atoms with Gasteiger partial charge in [-0.3, -0.25) is 4.99 Å². The van der Waals surface area contributed by atoms with Gasteiger partial charge in [0.15, 0.2) is 5.96 Å². The number of benzene rings is 1. The summed E-state index contributed by atoms with van der Waals surface area (Å²) in [4.78, 5) is 7.18. The third-order valence-corrected chi connectivity index (χ3v) is 4.75. The van der Waals surface area contributed by atoms with Gasteiger partial charge >= 0.3 is 0 Å². The molecule has 1 aromatic rings. The fraction of sp³-hybridized carbons (Fsp3) is 0.650. The van der Waals surface area contributed by atoms with Crippen LogP contribution in [-0.2, 0) is 10.2 Å². The maximum Gasteiger partial charge on any atom is 0.193 e. The summed E-state index contributed by atoms with van der Waals surface area (Å²) >= 11 is 0. The van der Waals surface area contributed by atoms with Crippen molar-refractivity contribution < 1.29 is 4.74 Å². The number of hydrogen-bond donors (Lipinski definition) is 1. The van der Waals surface area contributed by atoms with Crippen LogP contribution >= 0.6 is 24.0 Å². The van der Waals surface area contributed by atoms with Crippen molar-refractivity contribution in [3.63, 3.8) is 0 Å². The van der Waals surface area contributed by atoms with E-state index >= 15 is 0 Å². The summed E-state index contributed by atoms with van der Waals surface area (Å²) in [6.45, 7) is 13.3. The molecule has 142 valence electrons. The van der Waals surface area contributed by atoms with Crippen LogP contribution in [0, 0.1) is 12.8 Å². The number of halogens is 1. The smallest absolute Gasteiger partial charge is 0.193 e. The molecule has 1 aliphatic heterocycles. The highest BCUT2D eigenvalue weighted by Gasteiger charge is 2.23. The maximum atomic E-state index is 5.50. The van der Waals surface area contributed by atoms with Gasteiger partial charge < -0.3 is 15.0 Å². The van der Waals surface area contributed by atoms with E-state index in [0.717, 1.165) is 45.2 Å². The Morgan fingerprint density at radius 2 is 2.08 bits per heavy atom. The van der Waals surface area contributed by atoms with Crippen LogP contribution in [-0.4, -0.2) is 50.8 Å². The van der Waals surface area contributed by atoms with E-state index in [2.05, 4.69) is 69.2 Å². The summed E-state index contributed by atoms with van der Waals surface area (Å²) in [6, 6.07) is 8.61. The van der Waals surface area contributed by atoms with E-state index in [9.17, 15) is 0 Å². The van der Waals surface area contributed by atoms with Crippen molar-refractivity contribution in [3.05, 3.63) is 35.4 Å². The molecular weight excluding hydrogens is 425 g/mol. The van der Waals surface area contributed by atoms with Gasteiger partial charge in [0.05, 0.1) is 13.2 Å². The van der Waals surface area contributed by atoms with E-state index < -0.39 is 0 Å². The summed E-state index contributed by atoms with van der Waals surface area (Å²) in [5, 5.41) is 3.43. The van der Waals surface area contributed by atoms with E-state index in [-0.39, 0.29) is 29.4 Å². The molecule has 0 amide bonds. The molecule has 5 heteroatoms. The highest BCUT2D eigenvalue weighted by atomic mass is 127. The zero-order valence-electron chi connectivity index (χ0n) is 16.3. The predicted molar refractivity (Wildman–Crippen MR) is 117 cm³/mol. The number of ether oxygens (including phenoxy) is 1. The minimum absolute atomic E-state index is 0. The number of aryl methyl sites for hydroxylation is 1. The summed E-state index contributed by atoms with van der Waals surface area (Å²) in [5.74, 6) is 1.61. The Kier molecular flexibility index (Phi) is 9.21. The molecule has 1 fully saturated rings. The Morgan fingerprint density at radius 3 is 2.68 bits per heavy atom. The maximum absolute atomic E-state index is 5.50. The predicted octanol–water partition coefficient (Wildman–Crippen LogP) is 3.82. The molecule has 0 aliphatic carbocycles. The topological polar surface area (TPSA) is 36.9 Å². The Balaban J connectivity index is 0.00000312. The number of rotatable bonds is 6. The summed E-state index contributed by atoms with van der Waals surface area (Å²) in [6.07, 6.45) is 1.15. The molecule has 25 heavy (non-hydrogen) atoms.